The second kappa shape index (κ2) is 9.56. The average Bonchev–Trinajstić information content (AvgIpc) is 3.17. The number of rotatable bonds is 8. The van der Waals surface area contributed by atoms with E-state index in [0.29, 0.717) is 12.5 Å². The lowest BCUT2D eigenvalue weighted by atomic mass is 9.90. The summed E-state index contributed by atoms with van der Waals surface area (Å²) < 4.78 is 0. The summed E-state index contributed by atoms with van der Waals surface area (Å²) in [4.78, 5) is 11.6. The van der Waals surface area contributed by atoms with Crippen LogP contribution in [0.1, 0.15) is 44.2 Å². The van der Waals surface area contributed by atoms with E-state index >= 15 is 0 Å². The van der Waals surface area contributed by atoms with Crippen LogP contribution in [0.5, 0.6) is 0 Å². The maximum absolute atomic E-state index is 11.0. The molecular weight excluding hydrogens is 396 g/mol. The first-order valence-corrected chi connectivity index (χ1v) is 10.2. The zero-order valence-electron chi connectivity index (χ0n) is 17.4. The van der Waals surface area contributed by atoms with Crippen molar-refractivity contribution in [3.63, 3.8) is 0 Å². The van der Waals surface area contributed by atoms with Gasteiger partial charge in [0, 0.05) is 53.7 Å². The Bertz CT molecular complexity index is 1110. The molecule has 0 amide bonds. The Balaban J connectivity index is 0.00000256. The molecule has 0 spiro atoms. The lowest BCUT2D eigenvalue weighted by Gasteiger charge is -2.24. The van der Waals surface area contributed by atoms with Crippen molar-refractivity contribution in [3.8, 4) is 0 Å². The first kappa shape index (κ1) is 22.2. The molecule has 2 atom stereocenters. The molecule has 1 unspecified atom stereocenters. The zero-order chi connectivity index (χ0) is 20.3. The molecule has 3 heterocycles. The van der Waals surface area contributed by atoms with Crippen molar-refractivity contribution in [2.24, 2.45) is 0 Å². The fraction of sp³-hybridized carbons (Fsp3) is 0.333. The van der Waals surface area contributed by atoms with Gasteiger partial charge >= 0.3 is 0 Å². The van der Waals surface area contributed by atoms with Crippen LogP contribution in [0.4, 0.5) is 0 Å². The van der Waals surface area contributed by atoms with Gasteiger partial charge in [0.1, 0.15) is 5.65 Å². The van der Waals surface area contributed by atoms with Crippen molar-refractivity contribution in [3.05, 3.63) is 72.3 Å². The minimum atomic E-state index is -0.868. The summed E-state index contributed by atoms with van der Waals surface area (Å²) in [6, 6.07) is 12.8. The molecule has 0 aliphatic heterocycles. The quantitative estimate of drug-likeness (QED) is 0.368. The van der Waals surface area contributed by atoms with Crippen LogP contribution in [0.25, 0.3) is 21.8 Å². The van der Waals surface area contributed by atoms with Gasteiger partial charge in [-0.05, 0) is 68.3 Å². The van der Waals surface area contributed by atoms with Crippen LogP contribution in [0.15, 0.2) is 61.2 Å². The number of hydrogen-bond donors (Lipinski definition) is 3. The number of aromatic amines is 1. The first-order valence-electron chi connectivity index (χ1n) is 10.2. The maximum Gasteiger partial charge on any atom is 0.137 e. The van der Waals surface area contributed by atoms with Crippen molar-refractivity contribution in [2.45, 2.75) is 51.3 Å². The topological polar surface area (TPSA) is 73.8 Å². The van der Waals surface area contributed by atoms with E-state index in [1.165, 1.54) is 16.3 Å². The van der Waals surface area contributed by atoms with E-state index < -0.39 is 5.60 Å². The summed E-state index contributed by atoms with van der Waals surface area (Å²) in [5, 5.41) is 18.0. The Labute approximate surface area is 183 Å². The minimum absolute atomic E-state index is 0. The zero-order valence-corrected chi connectivity index (χ0v) is 18.2. The summed E-state index contributed by atoms with van der Waals surface area (Å²) >= 11 is 0. The molecule has 0 saturated carbocycles. The van der Waals surface area contributed by atoms with Gasteiger partial charge in [-0.25, -0.2) is 4.98 Å². The minimum Gasteiger partial charge on any atom is -0.385 e. The maximum atomic E-state index is 11.0. The highest BCUT2D eigenvalue weighted by molar-refractivity contribution is 5.85. The number of fused-ring (bicyclic) bond motifs is 2. The summed E-state index contributed by atoms with van der Waals surface area (Å²) in [6.07, 6.45) is 10.0. The lowest BCUT2D eigenvalue weighted by molar-refractivity contribution is 0.0459. The molecule has 3 aromatic heterocycles. The number of benzene rings is 1. The second-order valence-corrected chi connectivity index (χ2v) is 8.11. The van der Waals surface area contributed by atoms with Crippen molar-refractivity contribution < 1.29 is 5.11 Å². The Morgan fingerprint density at radius 2 is 2.03 bits per heavy atom. The average molecular weight is 425 g/mol. The molecule has 1 aromatic carbocycles. The number of aromatic nitrogens is 3. The predicted octanol–water partition coefficient (Wildman–Crippen LogP) is 5.09. The third kappa shape index (κ3) is 4.98. The Kier molecular flexibility index (Phi) is 7.08. The summed E-state index contributed by atoms with van der Waals surface area (Å²) in [7, 11) is 0. The van der Waals surface area contributed by atoms with E-state index in [-0.39, 0.29) is 12.4 Å². The number of nitrogens with one attached hydrogen (secondary N) is 2. The van der Waals surface area contributed by atoms with E-state index in [1.54, 1.807) is 6.20 Å². The van der Waals surface area contributed by atoms with E-state index in [2.05, 4.69) is 45.4 Å². The molecule has 158 valence electrons. The van der Waals surface area contributed by atoms with Crippen molar-refractivity contribution in [2.75, 3.05) is 0 Å². The number of hydrogen-bond acceptors (Lipinski definition) is 4. The second-order valence-electron chi connectivity index (χ2n) is 8.11. The monoisotopic (exact) mass is 424 g/mol. The Morgan fingerprint density at radius 1 is 1.17 bits per heavy atom. The van der Waals surface area contributed by atoms with Gasteiger partial charge in [0.25, 0.3) is 0 Å². The molecule has 5 nitrogen and oxygen atoms in total. The summed E-state index contributed by atoms with van der Waals surface area (Å²) in [5.41, 5.74) is 2.15. The van der Waals surface area contributed by atoms with Crippen LogP contribution < -0.4 is 5.32 Å². The van der Waals surface area contributed by atoms with Gasteiger partial charge in [-0.1, -0.05) is 12.1 Å². The molecule has 0 radical (unpaired) electrons. The summed E-state index contributed by atoms with van der Waals surface area (Å²) in [5.74, 6) is 0. The van der Waals surface area contributed by atoms with Gasteiger partial charge in [0.2, 0.25) is 0 Å². The number of aliphatic hydroxyl groups is 1. The largest absolute Gasteiger partial charge is 0.385 e. The molecule has 0 bridgehead atoms. The number of pyridine rings is 2. The Hall–Kier alpha value is -2.47. The van der Waals surface area contributed by atoms with Crippen LogP contribution in [-0.4, -0.2) is 26.1 Å². The van der Waals surface area contributed by atoms with Crippen LogP contribution in [0, 0.1) is 0 Å². The van der Waals surface area contributed by atoms with Gasteiger partial charge in [-0.2, -0.15) is 0 Å². The highest BCUT2D eigenvalue weighted by atomic mass is 35.5. The molecule has 4 aromatic rings. The fourth-order valence-corrected chi connectivity index (χ4v) is 3.93. The van der Waals surface area contributed by atoms with Crippen molar-refractivity contribution in [1.29, 1.82) is 0 Å². The number of H-pyrrole nitrogens is 1. The highest BCUT2D eigenvalue weighted by Gasteiger charge is 2.26. The fourth-order valence-electron chi connectivity index (χ4n) is 3.93. The van der Waals surface area contributed by atoms with Gasteiger partial charge in [0.15, 0.2) is 0 Å². The van der Waals surface area contributed by atoms with Crippen molar-refractivity contribution >= 4 is 34.2 Å². The van der Waals surface area contributed by atoms with Crippen LogP contribution in [0.3, 0.4) is 0 Å². The highest BCUT2D eigenvalue weighted by Crippen LogP contribution is 2.32. The molecule has 0 saturated heterocycles. The number of halogens is 1. The van der Waals surface area contributed by atoms with Crippen molar-refractivity contribution in [1.82, 2.24) is 20.3 Å². The van der Waals surface area contributed by atoms with Crippen LogP contribution >= 0.6 is 12.4 Å². The lowest BCUT2D eigenvalue weighted by Crippen LogP contribution is -2.27. The molecule has 0 fully saturated rings. The van der Waals surface area contributed by atoms with Crippen LogP contribution in [0.2, 0.25) is 0 Å². The normalized spacial score (nSPS) is 14.4. The predicted molar refractivity (Wildman–Crippen MR) is 125 cm³/mol. The van der Waals surface area contributed by atoms with Gasteiger partial charge in [-0.15, -0.1) is 12.4 Å². The van der Waals surface area contributed by atoms with E-state index in [9.17, 15) is 5.11 Å². The Morgan fingerprint density at radius 3 is 2.90 bits per heavy atom. The first-order chi connectivity index (χ1) is 14.0. The third-order valence-corrected chi connectivity index (χ3v) is 5.69. The molecule has 6 heteroatoms. The third-order valence-electron chi connectivity index (χ3n) is 5.69. The van der Waals surface area contributed by atoms with Crippen LogP contribution in [-0.2, 0) is 12.1 Å². The molecule has 0 aliphatic carbocycles. The van der Waals surface area contributed by atoms with E-state index in [1.807, 2.05) is 43.7 Å². The smallest absolute Gasteiger partial charge is 0.137 e. The SMILES string of the molecule is C[C@H](CCCC(C)(O)c1c[nH]c2ncccc12)NCc1ccc2cnccc2c1.Cl. The summed E-state index contributed by atoms with van der Waals surface area (Å²) in [6.45, 7) is 4.93. The molecule has 30 heavy (non-hydrogen) atoms. The molecule has 3 N–H and O–H groups in total. The molecular formula is C24H29ClN4O. The molecule has 0 aliphatic rings. The van der Waals surface area contributed by atoms with E-state index in [0.717, 1.165) is 36.0 Å². The van der Waals surface area contributed by atoms with Gasteiger partial charge in [0.05, 0.1) is 5.60 Å². The molecule has 4 rings (SSSR count). The number of nitrogens with zero attached hydrogens (tertiary/aromatic N) is 2. The standard InChI is InChI=1S/C24H28N4O.ClH/c1-17(27-14-18-7-8-20-15-25-12-9-19(20)13-18)5-3-10-24(2,29)22-16-28-23-21(22)6-4-11-26-23;/h4,6-9,11-13,15-17,27,29H,3,5,10,14H2,1-2H3,(H,26,28);1H/t17-,24?;/m1./s1. The van der Waals surface area contributed by atoms with Gasteiger partial charge in [-0.3, -0.25) is 4.98 Å². The van der Waals surface area contributed by atoms with E-state index in [4.69, 9.17) is 0 Å². The van der Waals surface area contributed by atoms with Gasteiger partial charge < -0.3 is 15.4 Å².